The zero-order valence-corrected chi connectivity index (χ0v) is 15.0. The van der Waals surface area contributed by atoms with E-state index in [9.17, 15) is 9.59 Å². The molecule has 0 amide bonds. The Kier molecular flexibility index (Phi) is 7.35. The number of rotatable bonds is 8. The molecule has 0 atom stereocenters. The molecule has 0 unspecified atom stereocenters. The summed E-state index contributed by atoms with van der Waals surface area (Å²) in [6, 6.07) is 15.3. The van der Waals surface area contributed by atoms with Crippen molar-refractivity contribution in [3.05, 3.63) is 59.7 Å². The van der Waals surface area contributed by atoms with E-state index in [1.54, 1.807) is 6.07 Å². The smallest absolute Gasteiger partial charge is 0.315 e. The molecule has 0 radical (unpaired) electrons. The Labute approximate surface area is 151 Å². The second kappa shape index (κ2) is 9.74. The molecule has 0 saturated carbocycles. The molecule has 0 aliphatic heterocycles. The number of carbonyl (C=O) groups is 2. The van der Waals surface area contributed by atoms with Gasteiger partial charge in [-0.3, -0.25) is 9.59 Å². The van der Waals surface area contributed by atoms with Crippen molar-refractivity contribution in [2.75, 3.05) is 20.0 Å². The summed E-state index contributed by atoms with van der Waals surface area (Å²) in [7, 11) is 2.69. The van der Waals surface area contributed by atoms with E-state index < -0.39 is 0 Å². The first-order chi connectivity index (χ1) is 12.1. The predicted molar refractivity (Wildman–Crippen MR) is 95.7 cm³/mol. The van der Waals surface area contributed by atoms with E-state index in [2.05, 4.69) is 4.74 Å². The molecule has 0 aliphatic rings. The molecule has 0 aliphatic carbocycles. The highest BCUT2D eigenvalue weighted by atomic mass is 32.2. The van der Waals surface area contributed by atoms with Gasteiger partial charge >= 0.3 is 11.9 Å². The maximum absolute atomic E-state index is 11.7. The maximum atomic E-state index is 11.7. The lowest BCUT2D eigenvalue weighted by atomic mass is 10.1. The van der Waals surface area contributed by atoms with Gasteiger partial charge in [0.15, 0.2) is 0 Å². The summed E-state index contributed by atoms with van der Waals surface area (Å²) in [5, 5.41) is 0. The minimum atomic E-state index is -0.347. The van der Waals surface area contributed by atoms with E-state index in [4.69, 9.17) is 9.47 Å². The van der Waals surface area contributed by atoms with Crippen LogP contribution in [0.2, 0.25) is 0 Å². The van der Waals surface area contributed by atoms with Crippen LogP contribution >= 0.6 is 11.8 Å². The molecule has 0 saturated heterocycles. The molecule has 0 aromatic heterocycles. The summed E-state index contributed by atoms with van der Waals surface area (Å²) < 4.78 is 15.2. The third-order valence-corrected chi connectivity index (χ3v) is 4.51. The number of benzene rings is 2. The van der Waals surface area contributed by atoms with Crippen LogP contribution in [-0.2, 0) is 32.1 Å². The molecule has 2 aromatic rings. The topological polar surface area (TPSA) is 61.8 Å². The molecule has 0 bridgehead atoms. The highest BCUT2D eigenvalue weighted by Gasteiger charge is 2.12. The van der Waals surface area contributed by atoms with Gasteiger partial charge in [-0.2, -0.15) is 0 Å². The van der Waals surface area contributed by atoms with Crippen LogP contribution in [0.5, 0.6) is 5.75 Å². The third-order valence-electron chi connectivity index (χ3n) is 3.42. The van der Waals surface area contributed by atoms with Gasteiger partial charge in [0.25, 0.3) is 0 Å². The van der Waals surface area contributed by atoms with Gasteiger partial charge in [0, 0.05) is 4.90 Å². The molecule has 0 spiro atoms. The second-order valence-electron chi connectivity index (χ2n) is 5.16. The molecule has 0 fully saturated rings. The minimum Gasteiger partial charge on any atom is -0.489 e. The first-order valence-electron chi connectivity index (χ1n) is 7.68. The fourth-order valence-corrected chi connectivity index (χ4v) is 2.96. The van der Waals surface area contributed by atoms with E-state index in [0.29, 0.717) is 12.4 Å². The minimum absolute atomic E-state index is 0.114. The molecular weight excluding hydrogens is 340 g/mol. The van der Waals surface area contributed by atoms with Crippen LogP contribution in [0.3, 0.4) is 0 Å². The fourth-order valence-electron chi connectivity index (χ4n) is 2.09. The molecule has 0 N–H and O–H groups in total. The number of ether oxygens (including phenoxy) is 3. The van der Waals surface area contributed by atoms with Gasteiger partial charge in [-0.05, 0) is 29.3 Å². The zero-order valence-electron chi connectivity index (χ0n) is 14.2. The molecule has 5 nitrogen and oxygen atoms in total. The number of esters is 2. The van der Waals surface area contributed by atoms with Crippen molar-refractivity contribution < 1.29 is 23.8 Å². The summed E-state index contributed by atoms with van der Waals surface area (Å²) in [6.45, 7) is 0.438. The van der Waals surface area contributed by atoms with Crippen LogP contribution in [-0.4, -0.2) is 31.9 Å². The molecule has 0 heterocycles. The highest BCUT2D eigenvalue weighted by molar-refractivity contribution is 8.00. The Bertz CT molecular complexity index is 715. The number of hydrogen-bond acceptors (Lipinski definition) is 6. The van der Waals surface area contributed by atoms with Crippen molar-refractivity contribution in [1.29, 1.82) is 0 Å². The van der Waals surface area contributed by atoms with Crippen molar-refractivity contribution in [2.24, 2.45) is 0 Å². The Morgan fingerprint density at radius 3 is 2.36 bits per heavy atom. The van der Waals surface area contributed by atoms with Gasteiger partial charge in [0.1, 0.15) is 12.4 Å². The number of hydrogen-bond donors (Lipinski definition) is 0. The van der Waals surface area contributed by atoms with Gasteiger partial charge < -0.3 is 14.2 Å². The van der Waals surface area contributed by atoms with Crippen molar-refractivity contribution in [1.82, 2.24) is 0 Å². The van der Waals surface area contributed by atoms with Gasteiger partial charge in [-0.1, -0.05) is 30.3 Å². The quantitative estimate of drug-likeness (QED) is 0.532. The molecule has 2 rings (SSSR count). The van der Waals surface area contributed by atoms with Crippen molar-refractivity contribution in [3.63, 3.8) is 0 Å². The van der Waals surface area contributed by atoms with Crippen LogP contribution in [0.1, 0.15) is 11.1 Å². The summed E-state index contributed by atoms with van der Waals surface area (Å²) >= 11 is 1.32. The monoisotopic (exact) mass is 360 g/mol. The summed E-state index contributed by atoms with van der Waals surface area (Å²) in [5.41, 5.74) is 1.81. The number of methoxy groups -OCH3 is 2. The Balaban J connectivity index is 2.11. The van der Waals surface area contributed by atoms with E-state index in [1.807, 2.05) is 42.5 Å². The number of thioether (sulfide) groups is 1. The summed E-state index contributed by atoms with van der Waals surface area (Å²) in [6.07, 6.45) is 0.114. The van der Waals surface area contributed by atoms with Crippen molar-refractivity contribution in [3.8, 4) is 5.75 Å². The van der Waals surface area contributed by atoms with Gasteiger partial charge in [0.2, 0.25) is 0 Å². The third kappa shape index (κ3) is 6.15. The molecule has 2 aromatic carbocycles. The van der Waals surface area contributed by atoms with Crippen LogP contribution in [0.25, 0.3) is 0 Å². The highest BCUT2D eigenvalue weighted by Crippen LogP contribution is 2.28. The van der Waals surface area contributed by atoms with E-state index >= 15 is 0 Å². The maximum Gasteiger partial charge on any atom is 0.315 e. The standard InChI is InChI=1S/C19H20O5S/c1-22-18(20)11-15-10-16(24-12-14-6-4-3-5-7-14)8-9-17(15)25-13-19(21)23-2/h3-10H,11-13H2,1-2H3. The summed E-state index contributed by atoms with van der Waals surface area (Å²) in [4.78, 5) is 23.8. The van der Waals surface area contributed by atoms with Crippen LogP contribution in [0.4, 0.5) is 0 Å². The predicted octanol–water partition coefficient (Wildman–Crippen LogP) is 3.25. The molecular formula is C19H20O5S. The molecule has 132 valence electrons. The van der Waals surface area contributed by atoms with Crippen molar-refractivity contribution >= 4 is 23.7 Å². The second-order valence-corrected chi connectivity index (χ2v) is 6.18. The summed E-state index contributed by atoms with van der Waals surface area (Å²) in [5.74, 6) is 0.165. The lowest BCUT2D eigenvalue weighted by Gasteiger charge is -2.12. The lowest BCUT2D eigenvalue weighted by molar-refractivity contribution is -0.140. The van der Waals surface area contributed by atoms with E-state index in [0.717, 1.165) is 16.0 Å². The SMILES string of the molecule is COC(=O)CSc1ccc(OCc2ccccc2)cc1CC(=O)OC. The molecule has 25 heavy (non-hydrogen) atoms. The Morgan fingerprint density at radius 2 is 1.68 bits per heavy atom. The van der Waals surface area contributed by atoms with Gasteiger partial charge in [-0.25, -0.2) is 0 Å². The Morgan fingerprint density at radius 1 is 0.960 bits per heavy atom. The van der Waals surface area contributed by atoms with Gasteiger partial charge in [-0.15, -0.1) is 11.8 Å². The average molecular weight is 360 g/mol. The fraction of sp³-hybridized carbons (Fsp3) is 0.263. The first kappa shape index (κ1) is 18.9. The van der Waals surface area contributed by atoms with E-state index in [-0.39, 0.29) is 24.1 Å². The number of carbonyl (C=O) groups excluding carboxylic acids is 2. The van der Waals surface area contributed by atoms with Crippen LogP contribution < -0.4 is 4.74 Å². The molecule has 6 heteroatoms. The largest absolute Gasteiger partial charge is 0.489 e. The zero-order chi connectivity index (χ0) is 18.1. The first-order valence-corrected chi connectivity index (χ1v) is 8.67. The van der Waals surface area contributed by atoms with Crippen LogP contribution in [0, 0.1) is 0 Å². The van der Waals surface area contributed by atoms with Crippen LogP contribution in [0.15, 0.2) is 53.4 Å². The Hall–Kier alpha value is -2.47. The lowest BCUT2D eigenvalue weighted by Crippen LogP contribution is -2.07. The van der Waals surface area contributed by atoms with E-state index in [1.165, 1.54) is 26.0 Å². The average Bonchev–Trinajstić information content (AvgIpc) is 2.66. The van der Waals surface area contributed by atoms with Gasteiger partial charge in [0.05, 0.1) is 26.4 Å². The normalized spacial score (nSPS) is 10.2. The van der Waals surface area contributed by atoms with Crippen molar-refractivity contribution in [2.45, 2.75) is 17.9 Å².